The molecular formula is C30H60O8. The summed E-state index contributed by atoms with van der Waals surface area (Å²) in [6, 6.07) is 0. The van der Waals surface area contributed by atoms with Crippen molar-refractivity contribution in [2.24, 2.45) is 0 Å². The van der Waals surface area contributed by atoms with Gasteiger partial charge >= 0.3 is 0 Å². The molecule has 1 aliphatic rings. The molecule has 38 heavy (non-hydrogen) atoms. The highest BCUT2D eigenvalue weighted by atomic mass is 16.7. The molecule has 0 radical (unpaired) electrons. The van der Waals surface area contributed by atoms with E-state index in [0.717, 1.165) is 32.5 Å². The second-order valence-corrected chi connectivity index (χ2v) is 9.88. The first-order valence-electron chi connectivity index (χ1n) is 15.6. The van der Waals surface area contributed by atoms with Crippen molar-refractivity contribution in [2.45, 2.75) is 103 Å². The molecule has 1 fully saturated rings. The van der Waals surface area contributed by atoms with Crippen LogP contribution in [0.1, 0.15) is 96.8 Å². The van der Waals surface area contributed by atoms with E-state index in [1.807, 2.05) is 0 Å². The van der Waals surface area contributed by atoms with Crippen molar-refractivity contribution < 1.29 is 37.9 Å². The lowest BCUT2D eigenvalue weighted by molar-refractivity contribution is -0.169. The van der Waals surface area contributed by atoms with Crippen molar-refractivity contribution in [2.75, 3.05) is 92.5 Å². The van der Waals surface area contributed by atoms with Gasteiger partial charge in [0.15, 0.2) is 6.29 Å². The highest BCUT2D eigenvalue weighted by molar-refractivity contribution is 4.53. The van der Waals surface area contributed by atoms with Crippen LogP contribution in [0.5, 0.6) is 0 Å². The summed E-state index contributed by atoms with van der Waals surface area (Å²) in [6.45, 7) is 10.8. The Hall–Kier alpha value is -0.320. The topological polar surface area (TPSA) is 73.8 Å². The van der Waals surface area contributed by atoms with Crippen LogP contribution in [0.15, 0.2) is 0 Å². The van der Waals surface area contributed by atoms with Gasteiger partial charge in [0.05, 0.1) is 79.3 Å². The Morgan fingerprint density at radius 1 is 0.447 bits per heavy atom. The van der Waals surface area contributed by atoms with Gasteiger partial charge in [-0.15, -0.1) is 0 Å². The molecule has 1 saturated heterocycles. The van der Waals surface area contributed by atoms with Crippen LogP contribution in [0.4, 0.5) is 0 Å². The highest BCUT2D eigenvalue weighted by Crippen LogP contribution is 2.13. The van der Waals surface area contributed by atoms with E-state index in [-0.39, 0.29) is 6.29 Å². The summed E-state index contributed by atoms with van der Waals surface area (Å²) < 4.78 is 44.3. The monoisotopic (exact) mass is 548 g/mol. The van der Waals surface area contributed by atoms with Gasteiger partial charge in [0, 0.05) is 13.2 Å². The zero-order valence-electron chi connectivity index (χ0n) is 24.6. The Balaban J connectivity index is 1.61. The van der Waals surface area contributed by atoms with Crippen LogP contribution < -0.4 is 0 Å². The van der Waals surface area contributed by atoms with Crippen LogP contribution in [0.2, 0.25) is 0 Å². The van der Waals surface area contributed by atoms with E-state index in [1.54, 1.807) is 0 Å². The van der Waals surface area contributed by atoms with Crippen molar-refractivity contribution in [3.05, 3.63) is 0 Å². The molecule has 1 unspecified atom stereocenters. The van der Waals surface area contributed by atoms with Gasteiger partial charge in [0.2, 0.25) is 0 Å². The normalized spacial score (nSPS) is 15.9. The molecule has 0 bridgehead atoms. The van der Waals surface area contributed by atoms with E-state index in [4.69, 9.17) is 37.9 Å². The minimum absolute atomic E-state index is 0.0503. The predicted molar refractivity (Wildman–Crippen MR) is 151 cm³/mol. The summed E-state index contributed by atoms with van der Waals surface area (Å²) in [7, 11) is 0. The van der Waals surface area contributed by atoms with E-state index in [2.05, 4.69) is 6.92 Å². The maximum Gasteiger partial charge on any atom is 0.157 e. The summed E-state index contributed by atoms with van der Waals surface area (Å²) in [5.74, 6) is 0. The van der Waals surface area contributed by atoms with Crippen molar-refractivity contribution in [3.63, 3.8) is 0 Å². The van der Waals surface area contributed by atoms with Crippen LogP contribution in [0.25, 0.3) is 0 Å². The molecule has 0 aromatic carbocycles. The minimum atomic E-state index is -0.0503. The number of unbranched alkanes of at least 4 members (excludes halogenated alkanes) is 10. The molecule has 1 heterocycles. The van der Waals surface area contributed by atoms with Gasteiger partial charge in [-0.2, -0.15) is 0 Å². The molecule has 0 aromatic heterocycles. The van der Waals surface area contributed by atoms with Crippen molar-refractivity contribution in [1.29, 1.82) is 0 Å². The molecule has 0 aliphatic carbocycles. The minimum Gasteiger partial charge on any atom is -0.379 e. The Labute approximate surface area is 233 Å². The van der Waals surface area contributed by atoms with E-state index in [9.17, 15) is 0 Å². The third-order valence-corrected chi connectivity index (χ3v) is 6.42. The predicted octanol–water partition coefficient (Wildman–Crippen LogP) is 5.94. The van der Waals surface area contributed by atoms with Gasteiger partial charge < -0.3 is 37.9 Å². The van der Waals surface area contributed by atoms with Gasteiger partial charge in [0.1, 0.15) is 0 Å². The zero-order chi connectivity index (χ0) is 27.0. The molecule has 8 heteroatoms. The average Bonchev–Trinajstić information content (AvgIpc) is 2.94. The molecule has 228 valence electrons. The van der Waals surface area contributed by atoms with Crippen molar-refractivity contribution in [3.8, 4) is 0 Å². The highest BCUT2D eigenvalue weighted by Gasteiger charge is 2.13. The first kappa shape index (κ1) is 35.7. The quantitative estimate of drug-likeness (QED) is 0.0986. The Morgan fingerprint density at radius 2 is 0.842 bits per heavy atom. The van der Waals surface area contributed by atoms with Crippen LogP contribution >= 0.6 is 0 Å². The van der Waals surface area contributed by atoms with Gasteiger partial charge in [-0.25, -0.2) is 0 Å². The maximum atomic E-state index is 5.65. The summed E-state index contributed by atoms with van der Waals surface area (Å²) in [5, 5.41) is 0. The smallest absolute Gasteiger partial charge is 0.157 e. The first-order valence-corrected chi connectivity index (χ1v) is 15.6. The molecule has 1 aliphatic heterocycles. The van der Waals surface area contributed by atoms with Crippen molar-refractivity contribution in [1.82, 2.24) is 0 Å². The fraction of sp³-hybridized carbons (Fsp3) is 1.00. The molecule has 1 rings (SSSR count). The van der Waals surface area contributed by atoms with Gasteiger partial charge in [-0.3, -0.25) is 0 Å². The van der Waals surface area contributed by atoms with E-state index in [1.165, 1.54) is 70.6 Å². The Bertz CT molecular complexity index is 434. The van der Waals surface area contributed by atoms with Gasteiger partial charge in [-0.1, -0.05) is 71.1 Å². The molecule has 8 nitrogen and oxygen atoms in total. The fourth-order valence-electron chi connectivity index (χ4n) is 4.15. The van der Waals surface area contributed by atoms with Crippen molar-refractivity contribution >= 4 is 0 Å². The molecule has 0 saturated carbocycles. The van der Waals surface area contributed by atoms with Crippen LogP contribution in [0, 0.1) is 0 Å². The number of ether oxygens (including phenoxy) is 8. The summed E-state index contributed by atoms with van der Waals surface area (Å²) in [6.07, 6.45) is 18.2. The second kappa shape index (κ2) is 31.2. The molecule has 0 N–H and O–H groups in total. The fourth-order valence-corrected chi connectivity index (χ4v) is 4.15. The summed E-state index contributed by atoms with van der Waals surface area (Å²) in [4.78, 5) is 0. The third-order valence-electron chi connectivity index (χ3n) is 6.42. The van der Waals surface area contributed by atoms with E-state index < -0.39 is 0 Å². The van der Waals surface area contributed by atoms with Gasteiger partial charge in [-0.05, 0) is 25.7 Å². The molecular weight excluding hydrogens is 488 g/mol. The number of rotatable bonds is 31. The Kier molecular flexibility index (Phi) is 29.3. The van der Waals surface area contributed by atoms with Gasteiger partial charge in [0.25, 0.3) is 0 Å². The average molecular weight is 549 g/mol. The zero-order valence-corrected chi connectivity index (χ0v) is 24.6. The lowest BCUT2D eigenvalue weighted by Crippen LogP contribution is -2.24. The summed E-state index contributed by atoms with van der Waals surface area (Å²) in [5.41, 5.74) is 0. The standard InChI is InChI=1S/C30H60O8/c1-2-3-4-5-6-7-8-9-10-11-13-16-31-18-19-32-20-21-33-22-23-34-24-25-35-26-27-36-28-29-38-30-15-12-14-17-37-30/h30H,2-29H2,1H3. The SMILES string of the molecule is CCCCCCCCCCCCCOCCOCCOCCOCCOCCOCCOC1CCCCO1. The molecule has 0 spiro atoms. The molecule has 1 atom stereocenters. The summed E-state index contributed by atoms with van der Waals surface area (Å²) >= 11 is 0. The number of hydrogen-bond acceptors (Lipinski definition) is 8. The lowest BCUT2D eigenvalue weighted by atomic mass is 10.1. The maximum absolute atomic E-state index is 5.65. The second-order valence-electron chi connectivity index (χ2n) is 9.88. The van der Waals surface area contributed by atoms with Crippen LogP contribution in [0.3, 0.4) is 0 Å². The first-order chi connectivity index (χ1) is 18.9. The molecule has 0 amide bonds. The van der Waals surface area contributed by atoms with Crippen LogP contribution in [-0.4, -0.2) is 98.8 Å². The molecule has 0 aromatic rings. The number of hydrogen-bond donors (Lipinski definition) is 0. The Morgan fingerprint density at radius 3 is 1.26 bits per heavy atom. The largest absolute Gasteiger partial charge is 0.379 e. The lowest BCUT2D eigenvalue weighted by Gasteiger charge is -2.22. The van der Waals surface area contributed by atoms with Crippen LogP contribution in [-0.2, 0) is 37.9 Å². The third kappa shape index (κ3) is 27.3. The van der Waals surface area contributed by atoms with E-state index in [0.29, 0.717) is 79.3 Å². The van der Waals surface area contributed by atoms with E-state index >= 15 is 0 Å².